The van der Waals surface area contributed by atoms with Crippen molar-refractivity contribution < 1.29 is 4.42 Å². The van der Waals surface area contributed by atoms with Gasteiger partial charge < -0.3 is 10.2 Å². The molecule has 0 radical (unpaired) electrons. The number of thiophene rings is 1. The molecule has 0 bridgehead atoms. The van der Waals surface area contributed by atoms with Crippen molar-refractivity contribution in [3.63, 3.8) is 0 Å². The lowest BCUT2D eigenvalue weighted by Gasteiger charge is -2.16. The van der Waals surface area contributed by atoms with Crippen molar-refractivity contribution in [2.24, 2.45) is 5.73 Å². The highest BCUT2D eigenvalue weighted by molar-refractivity contribution is 7.19. The first-order valence-corrected chi connectivity index (χ1v) is 7.92. The van der Waals surface area contributed by atoms with Gasteiger partial charge in [0.1, 0.15) is 11.5 Å². The van der Waals surface area contributed by atoms with Crippen molar-refractivity contribution in [1.82, 2.24) is 4.90 Å². The van der Waals surface area contributed by atoms with Gasteiger partial charge in [0.15, 0.2) is 0 Å². The van der Waals surface area contributed by atoms with E-state index >= 15 is 0 Å². The first-order valence-electron chi connectivity index (χ1n) is 7.10. The summed E-state index contributed by atoms with van der Waals surface area (Å²) in [4.78, 5) is 3.55. The summed E-state index contributed by atoms with van der Waals surface area (Å²) in [5, 5.41) is 1.32. The number of benzene rings is 1. The lowest BCUT2D eigenvalue weighted by atomic mass is 10.1. The second kappa shape index (κ2) is 6.02. The first kappa shape index (κ1) is 14.3. The molecule has 2 heterocycles. The predicted octanol–water partition coefficient (Wildman–Crippen LogP) is 3.89. The summed E-state index contributed by atoms with van der Waals surface area (Å²) in [6.45, 7) is 4.27. The fraction of sp³-hybridized carbons (Fsp3) is 0.294. The number of rotatable bonds is 5. The van der Waals surface area contributed by atoms with Crippen molar-refractivity contribution in [2.45, 2.75) is 26.6 Å². The molecular formula is C17H20N2OS. The zero-order valence-electron chi connectivity index (χ0n) is 12.4. The Morgan fingerprint density at radius 1 is 1.14 bits per heavy atom. The van der Waals surface area contributed by atoms with E-state index in [4.69, 9.17) is 10.2 Å². The second-order valence-electron chi connectivity index (χ2n) is 5.39. The van der Waals surface area contributed by atoms with Crippen LogP contribution in [0.15, 0.2) is 40.8 Å². The molecule has 0 atom stereocenters. The quantitative estimate of drug-likeness (QED) is 0.777. The van der Waals surface area contributed by atoms with Crippen LogP contribution in [-0.4, -0.2) is 11.9 Å². The van der Waals surface area contributed by atoms with E-state index in [1.165, 1.54) is 20.5 Å². The summed E-state index contributed by atoms with van der Waals surface area (Å²) in [6, 6.07) is 12.6. The van der Waals surface area contributed by atoms with Crippen LogP contribution in [0.3, 0.4) is 0 Å². The van der Waals surface area contributed by atoms with Crippen LogP contribution in [0.2, 0.25) is 0 Å². The van der Waals surface area contributed by atoms with E-state index < -0.39 is 0 Å². The van der Waals surface area contributed by atoms with Crippen molar-refractivity contribution in [3.8, 4) is 0 Å². The van der Waals surface area contributed by atoms with E-state index in [0.29, 0.717) is 6.54 Å². The molecule has 110 valence electrons. The Bertz CT molecular complexity index is 744. The molecule has 2 aromatic heterocycles. The highest BCUT2D eigenvalue weighted by atomic mass is 32.1. The number of furan rings is 1. The summed E-state index contributed by atoms with van der Waals surface area (Å²) in [5.74, 6) is 1.96. The van der Waals surface area contributed by atoms with Crippen LogP contribution in [0.25, 0.3) is 10.1 Å². The standard InChI is InChI=1S/C17H20N2OS/c1-12-7-8-13(20-12)10-19(2)11-15-14-5-3-4-6-16(14)21-17(15)9-18/h3-8H,9-11,18H2,1-2H3. The molecule has 2 N–H and O–H groups in total. The van der Waals surface area contributed by atoms with E-state index in [1.54, 1.807) is 11.3 Å². The Morgan fingerprint density at radius 2 is 1.95 bits per heavy atom. The van der Waals surface area contributed by atoms with Gasteiger partial charge in [0, 0.05) is 22.7 Å². The molecule has 3 rings (SSSR count). The molecule has 0 unspecified atom stereocenters. The third-order valence-electron chi connectivity index (χ3n) is 3.62. The summed E-state index contributed by atoms with van der Waals surface area (Å²) in [6.07, 6.45) is 0. The SMILES string of the molecule is Cc1ccc(CN(C)Cc2c(CN)sc3ccccc23)o1. The van der Waals surface area contributed by atoms with E-state index in [1.807, 2.05) is 19.1 Å². The number of hydrogen-bond acceptors (Lipinski definition) is 4. The number of nitrogens with zero attached hydrogens (tertiary/aromatic N) is 1. The van der Waals surface area contributed by atoms with E-state index in [-0.39, 0.29) is 0 Å². The Labute approximate surface area is 129 Å². The zero-order chi connectivity index (χ0) is 14.8. The number of fused-ring (bicyclic) bond motifs is 1. The minimum Gasteiger partial charge on any atom is -0.465 e. The molecule has 0 aliphatic rings. The highest BCUT2D eigenvalue weighted by Gasteiger charge is 2.13. The van der Waals surface area contributed by atoms with Gasteiger partial charge in [-0.1, -0.05) is 18.2 Å². The van der Waals surface area contributed by atoms with E-state index in [2.05, 4.69) is 36.2 Å². The monoisotopic (exact) mass is 300 g/mol. The third-order valence-corrected chi connectivity index (χ3v) is 4.85. The molecule has 0 aliphatic heterocycles. The minimum atomic E-state index is 0.600. The van der Waals surface area contributed by atoms with Crippen LogP contribution >= 0.6 is 11.3 Å². The van der Waals surface area contributed by atoms with Crippen molar-refractivity contribution >= 4 is 21.4 Å². The number of aryl methyl sites for hydroxylation is 1. The van der Waals surface area contributed by atoms with Crippen LogP contribution in [-0.2, 0) is 19.6 Å². The molecule has 0 saturated heterocycles. The summed E-state index contributed by atoms with van der Waals surface area (Å²) in [5.41, 5.74) is 7.27. The van der Waals surface area contributed by atoms with E-state index in [9.17, 15) is 0 Å². The molecule has 0 aliphatic carbocycles. The molecule has 0 fully saturated rings. The Kier molecular flexibility index (Phi) is 4.10. The Balaban J connectivity index is 1.83. The fourth-order valence-corrected chi connectivity index (χ4v) is 3.74. The number of nitrogens with two attached hydrogens (primary N) is 1. The minimum absolute atomic E-state index is 0.600. The molecule has 0 spiro atoms. The molecular weight excluding hydrogens is 280 g/mol. The zero-order valence-corrected chi connectivity index (χ0v) is 13.2. The molecule has 4 heteroatoms. The Morgan fingerprint density at radius 3 is 2.67 bits per heavy atom. The maximum atomic E-state index is 5.92. The van der Waals surface area contributed by atoms with Gasteiger partial charge in [-0.25, -0.2) is 0 Å². The maximum absolute atomic E-state index is 5.92. The van der Waals surface area contributed by atoms with Gasteiger partial charge in [-0.2, -0.15) is 0 Å². The smallest absolute Gasteiger partial charge is 0.118 e. The van der Waals surface area contributed by atoms with Crippen LogP contribution in [0.1, 0.15) is 22.0 Å². The van der Waals surface area contributed by atoms with Crippen LogP contribution in [0.5, 0.6) is 0 Å². The summed E-state index contributed by atoms with van der Waals surface area (Å²) in [7, 11) is 2.12. The van der Waals surface area contributed by atoms with Crippen molar-refractivity contribution in [1.29, 1.82) is 0 Å². The van der Waals surface area contributed by atoms with Crippen LogP contribution in [0.4, 0.5) is 0 Å². The van der Waals surface area contributed by atoms with Gasteiger partial charge in [0.25, 0.3) is 0 Å². The normalized spacial score (nSPS) is 11.6. The molecule has 3 aromatic rings. The summed E-state index contributed by atoms with van der Waals surface area (Å²) >= 11 is 1.80. The topological polar surface area (TPSA) is 42.4 Å². The van der Waals surface area contributed by atoms with Gasteiger partial charge in [-0.05, 0) is 43.1 Å². The molecule has 3 nitrogen and oxygen atoms in total. The molecule has 21 heavy (non-hydrogen) atoms. The molecule has 0 saturated carbocycles. The number of hydrogen-bond donors (Lipinski definition) is 1. The van der Waals surface area contributed by atoms with E-state index in [0.717, 1.165) is 24.6 Å². The fourth-order valence-electron chi connectivity index (χ4n) is 2.65. The van der Waals surface area contributed by atoms with Gasteiger partial charge in [-0.3, -0.25) is 4.90 Å². The van der Waals surface area contributed by atoms with Gasteiger partial charge in [0.05, 0.1) is 6.54 Å². The largest absolute Gasteiger partial charge is 0.465 e. The molecule has 1 aromatic carbocycles. The Hall–Kier alpha value is -1.62. The predicted molar refractivity (Wildman–Crippen MR) is 88.3 cm³/mol. The van der Waals surface area contributed by atoms with Gasteiger partial charge >= 0.3 is 0 Å². The van der Waals surface area contributed by atoms with Gasteiger partial charge in [0.2, 0.25) is 0 Å². The third kappa shape index (κ3) is 3.02. The second-order valence-corrected chi connectivity index (χ2v) is 6.53. The highest BCUT2D eigenvalue weighted by Crippen LogP contribution is 2.32. The average Bonchev–Trinajstić information content (AvgIpc) is 3.03. The van der Waals surface area contributed by atoms with Crippen LogP contribution < -0.4 is 5.73 Å². The van der Waals surface area contributed by atoms with Crippen molar-refractivity contribution in [3.05, 3.63) is 58.4 Å². The van der Waals surface area contributed by atoms with Gasteiger partial charge in [-0.15, -0.1) is 11.3 Å². The van der Waals surface area contributed by atoms with Crippen molar-refractivity contribution in [2.75, 3.05) is 7.05 Å². The lowest BCUT2D eigenvalue weighted by Crippen LogP contribution is -2.17. The summed E-state index contributed by atoms with van der Waals surface area (Å²) < 4.78 is 6.97. The van der Waals surface area contributed by atoms with Crippen LogP contribution in [0, 0.1) is 6.92 Å². The maximum Gasteiger partial charge on any atom is 0.118 e. The average molecular weight is 300 g/mol. The lowest BCUT2D eigenvalue weighted by molar-refractivity contribution is 0.286. The molecule has 0 amide bonds. The first-order chi connectivity index (χ1) is 10.2.